The number of halogens is 1. The molecular weight excluding hydrogens is 279 g/mol. The Morgan fingerprint density at radius 3 is 2.20 bits per heavy atom. The zero-order chi connectivity index (χ0) is 11.3. The van der Waals surface area contributed by atoms with Gasteiger partial charge in [-0.15, -0.1) is 0 Å². The van der Waals surface area contributed by atoms with Gasteiger partial charge in [0.1, 0.15) is 0 Å². The maximum Gasteiger partial charge on any atom is 0.362 e. The van der Waals surface area contributed by atoms with E-state index in [0.717, 1.165) is 4.47 Å². The van der Waals surface area contributed by atoms with E-state index in [-0.39, 0.29) is 0 Å². The van der Waals surface area contributed by atoms with Crippen LogP contribution >= 0.6 is 23.5 Å². The highest BCUT2D eigenvalue weighted by atomic mass is 79.9. The second-order valence-electron chi connectivity index (χ2n) is 2.78. The topological polar surface area (TPSA) is 35.5 Å². The van der Waals surface area contributed by atoms with Gasteiger partial charge in [-0.25, -0.2) is 0 Å². The molecule has 0 aliphatic rings. The van der Waals surface area contributed by atoms with Crippen molar-refractivity contribution in [3.63, 3.8) is 0 Å². The molecule has 0 amide bonds. The van der Waals surface area contributed by atoms with E-state index in [0.29, 0.717) is 18.5 Å². The highest BCUT2D eigenvalue weighted by Gasteiger charge is 2.28. The smallest absolute Gasteiger partial charge is 0.305 e. The van der Waals surface area contributed by atoms with Gasteiger partial charge in [0.25, 0.3) is 0 Å². The van der Waals surface area contributed by atoms with Crippen LogP contribution in [0.15, 0.2) is 28.7 Å². The first-order chi connectivity index (χ1) is 7.14. The monoisotopic (exact) mass is 292 g/mol. The Balaban J connectivity index is 3.09. The van der Waals surface area contributed by atoms with Crippen LogP contribution in [0.4, 0.5) is 0 Å². The summed E-state index contributed by atoms with van der Waals surface area (Å²) < 4.78 is 23.6. The SMILES string of the molecule is CCOP(=O)(OCC)c1ccccc1Br. The summed E-state index contributed by atoms with van der Waals surface area (Å²) in [6, 6.07) is 7.23. The van der Waals surface area contributed by atoms with E-state index in [2.05, 4.69) is 15.9 Å². The number of hydrogen-bond acceptors (Lipinski definition) is 3. The van der Waals surface area contributed by atoms with E-state index in [1.165, 1.54) is 0 Å². The molecular formula is C10H14BrO3P. The molecule has 0 heterocycles. The standard InChI is InChI=1S/C10H14BrO3P/c1-3-13-15(12,14-4-2)10-8-6-5-7-9(10)11/h5-8H,3-4H2,1-2H3. The average molecular weight is 293 g/mol. The summed E-state index contributed by atoms with van der Waals surface area (Å²) in [4.78, 5) is 0. The summed E-state index contributed by atoms with van der Waals surface area (Å²) >= 11 is 3.34. The first-order valence-corrected chi connectivity index (χ1v) is 7.11. The second kappa shape index (κ2) is 5.80. The van der Waals surface area contributed by atoms with Gasteiger partial charge < -0.3 is 9.05 Å². The molecule has 15 heavy (non-hydrogen) atoms. The maximum absolute atomic E-state index is 12.4. The molecule has 0 aliphatic carbocycles. The van der Waals surface area contributed by atoms with Crippen LogP contribution in [0.2, 0.25) is 0 Å². The molecule has 0 bridgehead atoms. The molecule has 84 valence electrons. The number of hydrogen-bond donors (Lipinski definition) is 0. The highest BCUT2D eigenvalue weighted by molar-refractivity contribution is 9.10. The Bertz CT molecular complexity index is 357. The molecule has 5 heteroatoms. The van der Waals surface area contributed by atoms with Crippen LogP contribution in [-0.2, 0) is 13.6 Å². The third-order valence-corrected chi connectivity index (χ3v) is 4.92. The van der Waals surface area contributed by atoms with Gasteiger partial charge in [0.05, 0.1) is 18.5 Å². The molecule has 0 N–H and O–H groups in total. The van der Waals surface area contributed by atoms with Crippen molar-refractivity contribution in [3.05, 3.63) is 28.7 Å². The van der Waals surface area contributed by atoms with E-state index < -0.39 is 7.60 Å². The Labute approximate surface area is 98.4 Å². The van der Waals surface area contributed by atoms with Crippen molar-refractivity contribution in [3.8, 4) is 0 Å². The van der Waals surface area contributed by atoms with E-state index in [4.69, 9.17) is 9.05 Å². The van der Waals surface area contributed by atoms with Gasteiger partial charge in [-0.05, 0) is 41.9 Å². The Hall–Kier alpha value is -0.150. The van der Waals surface area contributed by atoms with Crippen molar-refractivity contribution in [2.24, 2.45) is 0 Å². The van der Waals surface area contributed by atoms with Crippen LogP contribution in [0.5, 0.6) is 0 Å². The molecule has 0 saturated heterocycles. The molecule has 0 aromatic heterocycles. The lowest BCUT2D eigenvalue weighted by molar-refractivity contribution is 0.230. The van der Waals surface area contributed by atoms with Gasteiger partial charge in [-0.3, -0.25) is 4.57 Å². The van der Waals surface area contributed by atoms with Gasteiger partial charge in [-0.2, -0.15) is 0 Å². The van der Waals surface area contributed by atoms with E-state index in [1.807, 2.05) is 18.2 Å². The molecule has 0 radical (unpaired) electrons. The summed E-state index contributed by atoms with van der Waals surface area (Å²) in [5.74, 6) is 0. The van der Waals surface area contributed by atoms with Gasteiger partial charge in [0.15, 0.2) is 0 Å². The van der Waals surface area contributed by atoms with Crippen molar-refractivity contribution in [2.45, 2.75) is 13.8 Å². The maximum atomic E-state index is 12.4. The molecule has 0 unspecified atom stereocenters. The van der Waals surface area contributed by atoms with Crippen molar-refractivity contribution in [1.82, 2.24) is 0 Å². The molecule has 0 aliphatic heterocycles. The van der Waals surface area contributed by atoms with E-state index in [9.17, 15) is 4.57 Å². The van der Waals surface area contributed by atoms with Gasteiger partial charge in [0.2, 0.25) is 0 Å². The summed E-state index contributed by atoms with van der Waals surface area (Å²) in [5, 5.41) is 0.578. The third kappa shape index (κ3) is 3.15. The van der Waals surface area contributed by atoms with Crippen LogP contribution in [0.1, 0.15) is 13.8 Å². The normalized spacial score (nSPS) is 11.7. The average Bonchev–Trinajstić information content (AvgIpc) is 2.19. The largest absolute Gasteiger partial charge is 0.362 e. The van der Waals surface area contributed by atoms with Gasteiger partial charge in [0, 0.05) is 4.47 Å². The molecule has 1 rings (SSSR count). The zero-order valence-electron chi connectivity index (χ0n) is 8.77. The summed E-state index contributed by atoms with van der Waals surface area (Å²) in [6.45, 7) is 4.31. The first-order valence-electron chi connectivity index (χ1n) is 4.78. The molecule has 3 nitrogen and oxygen atoms in total. The quantitative estimate of drug-likeness (QED) is 0.781. The zero-order valence-corrected chi connectivity index (χ0v) is 11.3. The first kappa shape index (κ1) is 12.9. The minimum atomic E-state index is -3.16. The predicted molar refractivity (Wildman–Crippen MR) is 64.6 cm³/mol. The summed E-state index contributed by atoms with van der Waals surface area (Å²) in [7, 11) is -3.16. The Morgan fingerprint density at radius 2 is 1.73 bits per heavy atom. The Kier molecular flexibility index (Phi) is 5.00. The van der Waals surface area contributed by atoms with Crippen LogP contribution in [0.3, 0.4) is 0 Å². The lowest BCUT2D eigenvalue weighted by atomic mass is 10.4. The molecule has 0 fully saturated rings. The number of rotatable bonds is 5. The van der Waals surface area contributed by atoms with E-state index in [1.54, 1.807) is 19.9 Å². The third-order valence-electron chi connectivity index (χ3n) is 1.75. The minimum Gasteiger partial charge on any atom is -0.305 e. The van der Waals surface area contributed by atoms with Crippen molar-refractivity contribution in [1.29, 1.82) is 0 Å². The fourth-order valence-electron chi connectivity index (χ4n) is 1.19. The van der Waals surface area contributed by atoms with E-state index >= 15 is 0 Å². The predicted octanol–water partition coefficient (Wildman–Crippen LogP) is 3.34. The lowest BCUT2D eigenvalue weighted by Gasteiger charge is -2.17. The van der Waals surface area contributed by atoms with Crippen LogP contribution < -0.4 is 5.30 Å². The fraction of sp³-hybridized carbons (Fsp3) is 0.400. The second-order valence-corrected chi connectivity index (χ2v) is 5.63. The van der Waals surface area contributed by atoms with Crippen molar-refractivity contribution in [2.75, 3.05) is 13.2 Å². The molecule has 1 aromatic carbocycles. The molecule has 0 saturated carbocycles. The minimum absolute atomic E-state index is 0.360. The van der Waals surface area contributed by atoms with Crippen LogP contribution in [0.25, 0.3) is 0 Å². The molecule has 0 atom stereocenters. The van der Waals surface area contributed by atoms with Crippen LogP contribution in [0, 0.1) is 0 Å². The fourth-order valence-corrected chi connectivity index (χ4v) is 3.76. The van der Waals surface area contributed by atoms with Gasteiger partial charge in [-0.1, -0.05) is 12.1 Å². The Morgan fingerprint density at radius 1 is 1.20 bits per heavy atom. The molecule has 1 aromatic rings. The lowest BCUT2D eigenvalue weighted by Crippen LogP contribution is -2.11. The van der Waals surface area contributed by atoms with Crippen molar-refractivity contribution < 1.29 is 13.6 Å². The highest BCUT2D eigenvalue weighted by Crippen LogP contribution is 2.48. The van der Waals surface area contributed by atoms with Crippen molar-refractivity contribution >= 4 is 28.8 Å². The number of benzene rings is 1. The molecule has 0 spiro atoms. The summed E-state index contributed by atoms with van der Waals surface area (Å²) in [6.07, 6.45) is 0. The summed E-state index contributed by atoms with van der Waals surface area (Å²) in [5.41, 5.74) is 0. The van der Waals surface area contributed by atoms with Crippen LogP contribution in [-0.4, -0.2) is 13.2 Å². The van der Waals surface area contributed by atoms with Gasteiger partial charge >= 0.3 is 7.60 Å².